The van der Waals surface area contributed by atoms with Crippen LogP contribution in [0.3, 0.4) is 0 Å². The summed E-state index contributed by atoms with van der Waals surface area (Å²) in [5, 5.41) is 17.1. The monoisotopic (exact) mass is 314 g/mol. The van der Waals surface area contributed by atoms with Crippen LogP contribution < -0.4 is 4.90 Å². The van der Waals surface area contributed by atoms with Gasteiger partial charge in [0.15, 0.2) is 5.69 Å². The van der Waals surface area contributed by atoms with Crippen molar-refractivity contribution in [2.75, 3.05) is 18.0 Å². The molecule has 2 heterocycles. The SMILES string of the molecule is CCCc1c(C(=O)O)nnn1-c1ccc(N2CCCCC2)cc1. The number of aromatic nitrogens is 3. The van der Waals surface area contributed by atoms with Gasteiger partial charge in [-0.1, -0.05) is 18.6 Å². The molecule has 1 aromatic heterocycles. The molecule has 122 valence electrons. The summed E-state index contributed by atoms with van der Waals surface area (Å²) < 4.78 is 1.65. The maximum Gasteiger partial charge on any atom is 0.358 e. The zero-order chi connectivity index (χ0) is 16.2. The highest BCUT2D eigenvalue weighted by molar-refractivity contribution is 5.86. The molecule has 3 rings (SSSR count). The van der Waals surface area contributed by atoms with Gasteiger partial charge in [-0.05, 0) is 49.9 Å². The Balaban J connectivity index is 1.88. The van der Waals surface area contributed by atoms with Crippen LogP contribution in [0.5, 0.6) is 0 Å². The van der Waals surface area contributed by atoms with Crippen molar-refractivity contribution in [2.24, 2.45) is 0 Å². The zero-order valence-electron chi connectivity index (χ0n) is 13.4. The fourth-order valence-electron chi connectivity index (χ4n) is 3.09. The molecule has 1 N–H and O–H groups in total. The van der Waals surface area contributed by atoms with E-state index in [1.165, 1.54) is 24.9 Å². The third-order valence-corrected chi connectivity index (χ3v) is 4.27. The molecule has 0 unspecified atom stereocenters. The van der Waals surface area contributed by atoms with Gasteiger partial charge in [-0.25, -0.2) is 9.48 Å². The van der Waals surface area contributed by atoms with Crippen LogP contribution in [-0.4, -0.2) is 39.2 Å². The van der Waals surface area contributed by atoms with E-state index in [0.717, 1.165) is 25.2 Å². The maximum absolute atomic E-state index is 11.3. The van der Waals surface area contributed by atoms with E-state index in [1.807, 2.05) is 19.1 Å². The largest absolute Gasteiger partial charge is 0.476 e. The molecule has 23 heavy (non-hydrogen) atoms. The van der Waals surface area contributed by atoms with Crippen LogP contribution in [0, 0.1) is 0 Å². The molecular weight excluding hydrogens is 292 g/mol. The van der Waals surface area contributed by atoms with Gasteiger partial charge in [-0.3, -0.25) is 0 Å². The van der Waals surface area contributed by atoms with Gasteiger partial charge in [-0.15, -0.1) is 5.10 Å². The second kappa shape index (κ2) is 6.81. The van der Waals surface area contributed by atoms with E-state index in [0.29, 0.717) is 12.1 Å². The molecule has 1 fully saturated rings. The minimum Gasteiger partial charge on any atom is -0.476 e. The van der Waals surface area contributed by atoms with Crippen molar-refractivity contribution >= 4 is 11.7 Å². The van der Waals surface area contributed by atoms with Crippen molar-refractivity contribution in [3.05, 3.63) is 35.7 Å². The normalized spacial score (nSPS) is 14.9. The van der Waals surface area contributed by atoms with Crippen LogP contribution in [0.1, 0.15) is 48.8 Å². The van der Waals surface area contributed by atoms with E-state index >= 15 is 0 Å². The topological polar surface area (TPSA) is 71.2 Å². The average Bonchev–Trinajstić information content (AvgIpc) is 3.00. The van der Waals surface area contributed by atoms with Crippen molar-refractivity contribution in [3.8, 4) is 5.69 Å². The lowest BCUT2D eigenvalue weighted by Gasteiger charge is -2.28. The zero-order valence-corrected chi connectivity index (χ0v) is 13.4. The van der Waals surface area contributed by atoms with E-state index in [1.54, 1.807) is 4.68 Å². The van der Waals surface area contributed by atoms with Gasteiger partial charge in [0.25, 0.3) is 0 Å². The number of aromatic carboxylic acids is 1. The van der Waals surface area contributed by atoms with Crippen LogP contribution in [-0.2, 0) is 6.42 Å². The number of piperidine rings is 1. The van der Waals surface area contributed by atoms with E-state index in [4.69, 9.17) is 0 Å². The molecule has 0 saturated carbocycles. The number of benzene rings is 1. The lowest BCUT2D eigenvalue weighted by molar-refractivity contribution is 0.0689. The molecule has 2 aromatic rings. The smallest absolute Gasteiger partial charge is 0.358 e. The van der Waals surface area contributed by atoms with Crippen molar-refractivity contribution < 1.29 is 9.90 Å². The summed E-state index contributed by atoms with van der Waals surface area (Å²) in [6, 6.07) is 8.14. The summed E-state index contributed by atoms with van der Waals surface area (Å²) in [5.41, 5.74) is 2.77. The average molecular weight is 314 g/mol. The summed E-state index contributed by atoms with van der Waals surface area (Å²) >= 11 is 0. The van der Waals surface area contributed by atoms with Crippen molar-refractivity contribution in [2.45, 2.75) is 39.0 Å². The highest BCUT2D eigenvalue weighted by atomic mass is 16.4. The van der Waals surface area contributed by atoms with Gasteiger partial charge in [0, 0.05) is 18.8 Å². The first-order valence-electron chi connectivity index (χ1n) is 8.24. The number of carboxylic acids is 1. The number of anilines is 1. The summed E-state index contributed by atoms with van der Waals surface area (Å²) in [7, 11) is 0. The number of rotatable bonds is 5. The lowest BCUT2D eigenvalue weighted by atomic mass is 10.1. The molecular formula is C17H22N4O2. The first-order chi connectivity index (χ1) is 11.2. The second-order valence-corrected chi connectivity index (χ2v) is 5.92. The van der Waals surface area contributed by atoms with Crippen LogP contribution in [0.15, 0.2) is 24.3 Å². The van der Waals surface area contributed by atoms with Gasteiger partial charge >= 0.3 is 5.97 Å². The van der Waals surface area contributed by atoms with Crippen LogP contribution in [0.4, 0.5) is 5.69 Å². The number of nitrogens with zero attached hydrogens (tertiary/aromatic N) is 4. The number of carboxylic acid groups (broad SMARTS) is 1. The Kier molecular flexibility index (Phi) is 4.60. The molecule has 1 saturated heterocycles. The molecule has 0 amide bonds. The first-order valence-corrected chi connectivity index (χ1v) is 8.24. The fraction of sp³-hybridized carbons (Fsp3) is 0.471. The molecule has 6 nitrogen and oxygen atoms in total. The Bertz CT molecular complexity index is 672. The molecule has 0 atom stereocenters. The predicted molar refractivity (Wildman–Crippen MR) is 88.4 cm³/mol. The van der Waals surface area contributed by atoms with Gasteiger partial charge in [0.1, 0.15) is 0 Å². The molecule has 0 radical (unpaired) electrons. The first kappa shape index (κ1) is 15.5. The number of hydrogen-bond acceptors (Lipinski definition) is 4. The van der Waals surface area contributed by atoms with Crippen LogP contribution in [0.25, 0.3) is 5.69 Å². The molecule has 1 aliphatic rings. The van der Waals surface area contributed by atoms with E-state index in [-0.39, 0.29) is 5.69 Å². The molecule has 1 aromatic carbocycles. The predicted octanol–water partition coefficient (Wildman–Crippen LogP) is 2.91. The highest BCUT2D eigenvalue weighted by Gasteiger charge is 2.19. The Labute approximate surface area is 135 Å². The van der Waals surface area contributed by atoms with E-state index in [9.17, 15) is 9.90 Å². The minimum atomic E-state index is -1.02. The highest BCUT2D eigenvalue weighted by Crippen LogP contribution is 2.22. The summed E-state index contributed by atoms with van der Waals surface area (Å²) in [4.78, 5) is 13.7. The van der Waals surface area contributed by atoms with Crippen molar-refractivity contribution in [1.29, 1.82) is 0 Å². The number of hydrogen-bond donors (Lipinski definition) is 1. The summed E-state index contributed by atoms with van der Waals surface area (Å²) in [6.07, 6.45) is 5.29. The second-order valence-electron chi connectivity index (χ2n) is 5.92. The van der Waals surface area contributed by atoms with Crippen molar-refractivity contribution in [3.63, 3.8) is 0 Å². The molecule has 0 bridgehead atoms. The third kappa shape index (κ3) is 3.21. The lowest BCUT2D eigenvalue weighted by Crippen LogP contribution is -2.29. The Morgan fingerprint density at radius 3 is 2.39 bits per heavy atom. The standard InChI is InChI=1S/C17H22N4O2/c1-2-6-15-16(17(22)23)18-19-21(15)14-9-7-13(8-10-14)20-11-4-3-5-12-20/h7-10H,2-6,11-12H2,1H3,(H,22,23). The molecule has 1 aliphatic heterocycles. The van der Waals surface area contributed by atoms with Gasteiger partial charge < -0.3 is 10.0 Å². The maximum atomic E-state index is 11.3. The van der Waals surface area contributed by atoms with Gasteiger partial charge in [0.05, 0.1) is 11.4 Å². The fourth-order valence-corrected chi connectivity index (χ4v) is 3.09. The third-order valence-electron chi connectivity index (χ3n) is 4.27. The Morgan fingerprint density at radius 2 is 1.78 bits per heavy atom. The van der Waals surface area contributed by atoms with E-state index < -0.39 is 5.97 Å². The quantitative estimate of drug-likeness (QED) is 0.919. The van der Waals surface area contributed by atoms with Crippen LogP contribution in [0.2, 0.25) is 0 Å². The van der Waals surface area contributed by atoms with Crippen molar-refractivity contribution in [1.82, 2.24) is 15.0 Å². The summed E-state index contributed by atoms with van der Waals surface area (Å²) in [6.45, 7) is 4.22. The van der Waals surface area contributed by atoms with Gasteiger partial charge in [-0.2, -0.15) is 0 Å². The molecule has 6 heteroatoms. The van der Waals surface area contributed by atoms with E-state index in [2.05, 4.69) is 27.3 Å². The number of carbonyl (C=O) groups is 1. The Hall–Kier alpha value is -2.37. The Morgan fingerprint density at radius 1 is 1.13 bits per heavy atom. The minimum absolute atomic E-state index is 0.0481. The molecule has 0 aliphatic carbocycles. The summed E-state index contributed by atoms with van der Waals surface area (Å²) in [5.74, 6) is -1.02. The molecule has 0 spiro atoms. The van der Waals surface area contributed by atoms with Gasteiger partial charge in [0.2, 0.25) is 0 Å². The van der Waals surface area contributed by atoms with Crippen LogP contribution >= 0.6 is 0 Å².